The van der Waals surface area contributed by atoms with Gasteiger partial charge in [-0.2, -0.15) is 13.9 Å². The van der Waals surface area contributed by atoms with Gasteiger partial charge in [-0.25, -0.2) is 4.79 Å². The fourth-order valence-corrected chi connectivity index (χ4v) is 3.21. The zero-order valence-corrected chi connectivity index (χ0v) is 17.2. The number of alkyl halides is 2. The number of hydrogen-bond acceptors (Lipinski definition) is 4. The number of H-pyrrole nitrogens is 1. The standard InChI is InChI=1S/C22H17ClF2N4O3/c23-14-5-3-6-15(10-14)26-22(30)27-20-17-9-8-16(11-18(17)28-29-20)31-12-13-4-1-2-7-19(13)32-21(24)25/h1-11,21H,12H2,(H3,26,27,28,29,30). The van der Waals surface area contributed by atoms with E-state index < -0.39 is 12.6 Å². The second kappa shape index (κ2) is 9.52. The zero-order chi connectivity index (χ0) is 22.5. The summed E-state index contributed by atoms with van der Waals surface area (Å²) in [4.78, 5) is 12.3. The first-order chi connectivity index (χ1) is 15.5. The zero-order valence-electron chi connectivity index (χ0n) is 16.4. The van der Waals surface area contributed by atoms with Crippen LogP contribution in [0.3, 0.4) is 0 Å². The van der Waals surface area contributed by atoms with Crippen molar-refractivity contribution in [3.05, 3.63) is 77.3 Å². The first kappa shape index (κ1) is 21.4. The van der Waals surface area contributed by atoms with Gasteiger partial charge >= 0.3 is 12.6 Å². The number of nitrogens with zero attached hydrogens (tertiary/aromatic N) is 1. The molecule has 0 atom stereocenters. The summed E-state index contributed by atoms with van der Waals surface area (Å²) in [7, 11) is 0. The number of benzene rings is 3. The lowest BCUT2D eigenvalue weighted by atomic mass is 10.2. The van der Waals surface area contributed by atoms with Gasteiger partial charge in [0.25, 0.3) is 0 Å². The van der Waals surface area contributed by atoms with Crippen LogP contribution >= 0.6 is 11.6 Å². The molecule has 0 radical (unpaired) electrons. The van der Waals surface area contributed by atoms with Crippen LogP contribution in [0.2, 0.25) is 5.02 Å². The first-order valence-corrected chi connectivity index (χ1v) is 9.83. The lowest BCUT2D eigenvalue weighted by Crippen LogP contribution is -2.19. The number of aromatic amines is 1. The number of amides is 2. The number of rotatable bonds is 7. The highest BCUT2D eigenvalue weighted by Gasteiger charge is 2.12. The van der Waals surface area contributed by atoms with E-state index in [0.29, 0.717) is 38.7 Å². The Bertz CT molecular complexity index is 1250. The van der Waals surface area contributed by atoms with Crippen LogP contribution in [0.15, 0.2) is 66.7 Å². The number of carbonyl (C=O) groups is 1. The molecule has 2 amide bonds. The molecule has 4 aromatic rings. The minimum absolute atomic E-state index is 0.0374. The van der Waals surface area contributed by atoms with Gasteiger partial charge in [-0.05, 0) is 36.4 Å². The van der Waals surface area contributed by atoms with Crippen molar-refractivity contribution >= 4 is 40.0 Å². The summed E-state index contributed by atoms with van der Waals surface area (Å²) in [5, 5.41) is 13.5. The third-order valence-electron chi connectivity index (χ3n) is 4.43. The van der Waals surface area contributed by atoms with Crippen molar-refractivity contribution in [3.63, 3.8) is 0 Å². The van der Waals surface area contributed by atoms with Crippen LogP contribution in [-0.4, -0.2) is 22.8 Å². The van der Waals surface area contributed by atoms with Crippen LogP contribution in [-0.2, 0) is 6.61 Å². The number of nitrogens with one attached hydrogen (secondary N) is 3. The van der Waals surface area contributed by atoms with Crippen LogP contribution < -0.4 is 20.1 Å². The van der Waals surface area contributed by atoms with Crippen molar-refractivity contribution in [2.45, 2.75) is 13.2 Å². The molecule has 0 saturated heterocycles. The summed E-state index contributed by atoms with van der Waals surface area (Å²) in [5.41, 5.74) is 1.65. The maximum absolute atomic E-state index is 12.6. The van der Waals surface area contributed by atoms with Crippen LogP contribution in [0.5, 0.6) is 11.5 Å². The number of aromatic nitrogens is 2. The Hall–Kier alpha value is -3.85. The summed E-state index contributed by atoms with van der Waals surface area (Å²) in [6.45, 7) is -2.88. The molecule has 1 heterocycles. The van der Waals surface area contributed by atoms with Gasteiger partial charge in [-0.3, -0.25) is 10.4 Å². The van der Waals surface area contributed by atoms with Gasteiger partial charge in [-0.1, -0.05) is 35.9 Å². The molecule has 4 rings (SSSR count). The van der Waals surface area contributed by atoms with Gasteiger partial charge in [-0.15, -0.1) is 0 Å². The second-order valence-corrected chi connectivity index (χ2v) is 7.08. The number of ether oxygens (including phenoxy) is 2. The average molecular weight is 459 g/mol. The minimum Gasteiger partial charge on any atom is -0.489 e. The molecular weight excluding hydrogens is 442 g/mol. The monoisotopic (exact) mass is 458 g/mol. The van der Waals surface area contributed by atoms with E-state index in [9.17, 15) is 13.6 Å². The highest BCUT2D eigenvalue weighted by molar-refractivity contribution is 6.30. The van der Waals surface area contributed by atoms with E-state index in [-0.39, 0.29) is 12.4 Å². The van der Waals surface area contributed by atoms with Gasteiger partial charge < -0.3 is 14.8 Å². The summed E-state index contributed by atoms with van der Waals surface area (Å²) >= 11 is 5.92. The normalized spacial score (nSPS) is 10.9. The molecular formula is C22H17ClF2N4O3. The van der Waals surface area contributed by atoms with Gasteiger partial charge in [0.15, 0.2) is 5.82 Å². The van der Waals surface area contributed by atoms with Crippen molar-refractivity contribution in [1.29, 1.82) is 0 Å². The maximum Gasteiger partial charge on any atom is 0.387 e. The molecule has 164 valence electrons. The number of carbonyl (C=O) groups excluding carboxylic acids is 1. The van der Waals surface area contributed by atoms with Crippen LogP contribution in [0.25, 0.3) is 10.9 Å². The lowest BCUT2D eigenvalue weighted by molar-refractivity contribution is -0.0508. The van der Waals surface area contributed by atoms with Crippen molar-refractivity contribution in [1.82, 2.24) is 10.2 Å². The van der Waals surface area contributed by atoms with E-state index >= 15 is 0 Å². The summed E-state index contributed by atoms with van der Waals surface area (Å²) < 4.78 is 35.3. The highest BCUT2D eigenvalue weighted by atomic mass is 35.5. The SMILES string of the molecule is O=C(Nc1cccc(Cl)c1)Nc1n[nH]c2cc(OCc3ccccc3OC(F)F)ccc12. The highest BCUT2D eigenvalue weighted by Crippen LogP contribution is 2.27. The molecule has 10 heteroatoms. The molecule has 0 unspecified atom stereocenters. The fourth-order valence-electron chi connectivity index (χ4n) is 3.02. The van der Waals surface area contributed by atoms with Gasteiger partial charge in [0.1, 0.15) is 18.1 Å². The Morgan fingerprint density at radius 1 is 1.06 bits per heavy atom. The Balaban J connectivity index is 1.42. The number of hydrogen-bond donors (Lipinski definition) is 3. The predicted molar refractivity (Wildman–Crippen MR) is 118 cm³/mol. The van der Waals surface area contributed by atoms with Crippen molar-refractivity contribution in [2.24, 2.45) is 0 Å². The third kappa shape index (κ3) is 5.25. The quantitative estimate of drug-likeness (QED) is 0.315. The van der Waals surface area contributed by atoms with Gasteiger partial charge in [0.05, 0.1) is 5.52 Å². The van der Waals surface area contributed by atoms with Crippen LogP contribution in [0.1, 0.15) is 5.56 Å². The maximum atomic E-state index is 12.6. The molecule has 0 aliphatic carbocycles. The van der Waals surface area contributed by atoms with E-state index in [2.05, 4.69) is 25.6 Å². The molecule has 0 aliphatic rings. The van der Waals surface area contributed by atoms with Crippen LogP contribution in [0.4, 0.5) is 25.1 Å². The Morgan fingerprint density at radius 3 is 2.72 bits per heavy atom. The second-order valence-electron chi connectivity index (χ2n) is 6.64. The van der Waals surface area contributed by atoms with Gasteiger partial charge in [0.2, 0.25) is 0 Å². The van der Waals surface area contributed by atoms with Gasteiger partial charge in [0, 0.05) is 27.7 Å². The van der Waals surface area contributed by atoms with Crippen molar-refractivity contribution < 1.29 is 23.0 Å². The first-order valence-electron chi connectivity index (χ1n) is 9.45. The van der Waals surface area contributed by atoms with E-state index in [1.807, 2.05) is 0 Å². The molecule has 7 nitrogen and oxygen atoms in total. The van der Waals surface area contributed by atoms with E-state index in [0.717, 1.165) is 0 Å². The molecule has 32 heavy (non-hydrogen) atoms. The number of para-hydroxylation sites is 1. The molecule has 3 aromatic carbocycles. The fraction of sp³-hybridized carbons (Fsp3) is 0.0909. The van der Waals surface area contributed by atoms with Crippen LogP contribution in [0, 0.1) is 0 Å². The Labute approximate surface area is 186 Å². The summed E-state index contributed by atoms with van der Waals surface area (Å²) in [6.07, 6.45) is 0. The number of fused-ring (bicyclic) bond motifs is 1. The van der Waals surface area contributed by atoms with E-state index in [4.69, 9.17) is 16.3 Å². The number of anilines is 2. The number of halogens is 3. The minimum atomic E-state index is -2.92. The Morgan fingerprint density at radius 2 is 1.91 bits per heavy atom. The molecule has 0 fully saturated rings. The summed E-state index contributed by atoms with van der Waals surface area (Å²) in [5.74, 6) is 0.881. The molecule has 0 bridgehead atoms. The molecule has 0 spiro atoms. The largest absolute Gasteiger partial charge is 0.489 e. The molecule has 0 saturated carbocycles. The van der Waals surface area contributed by atoms with Crippen molar-refractivity contribution in [2.75, 3.05) is 10.6 Å². The van der Waals surface area contributed by atoms with E-state index in [1.165, 1.54) is 6.07 Å². The topological polar surface area (TPSA) is 88.3 Å². The number of urea groups is 1. The smallest absolute Gasteiger partial charge is 0.387 e. The molecule has 0 aliphatic heterocycles. The average Bonchev–Trinajstić information content (AvgIpc) is 3.14. The molecule has 3 N–H and O–H groups in total. The Kier molecular flexibility index (Phi) is 6.37. The predicted octanol–water partition coefficient (Wildman–Crippen LogP) is 6.04. The lowest BCUT2D eigenvalue weighted by Gasteiger charge is -2.11. The molecule has 1 aromatic heterocycles. The van der Waals surface area contributed by atoms with E-state index in [1.54, 1.807) is 60.7 Å². The third-order valence-corrected chi connectivity index (χ3v) is 4.67. The van der Waals surface area contributed by atoms with Crippen molar-refractivity contribution in [3.8, 4) is 11.5 Å². The summed E-state index contributed by atoms with van der Waals surface area (Å²) in [6, 6.07) is 17.8.